The summed E-state index contributed by atoms with van der Waals surface area (Å²) in [6, 6.07) is 15.1. The fourth-order valence-corrected chi connectivity index (χ4v) is 3.01. The third-order valence-electron chi connectivity index (χ3n) is 3.64. The first-order valence-electron chi connectivity index (χ1n) is 7.64. The summed E-state index contributed by atoms with van der Waals surface area (Å²) in [6.07, 6.45) is 1.49. The van der Waals surface area contributed by atoms with Crippen LogP contribution in [0.25, 0.3) is 0 Å². The Morgan fingerprint density at radius 1 is 0.923 bits per heavy atom. The van der Waals surface area contributed by atoms with Crippen molar-refractivity contribution in [2.24, 2.45) is 0 Å². The van der Waals surface area contributed by atoms with Crippen LogP contribution >= 0.6 is 34.8 Å². The van der Waals surface area contributed by atoms with E-state index in [2.05, 4.69) is 5.32 Å². The number of halogens is 3. The molecule has 0 saturated heterocycles. The van der Waals surface area contributed by atoms with E-state index >= 15 is 0 Å². The first-order chi connectivity index (χ1) is 12.4. The van der Waals surface area contributed by atoms with E-state index in [0.29, 0.717) is 15.7 Å². The van der Waals surface area contributed by atoms with Crippen molar-refractivity contribution in [2.75, 3.05) is 5.32 Å². The number of hydrogen-bond acceptors (Lipinski definition) is 2. The second-order valence-electron chi connectivity index (χ2n) is 5.60. The predicted molar refractivity (Wildman–Crippen MR) is 106 cm³/mol. The summed E-state index contributed by atoms with van der Waals surface area (Å²) in [4.78, 5) is 25.2. The molecule has 0 atom stereocenters. The highest BCUT2D eigenvalue weighted by Gasteiger charge is 2.15. The molecule has 0 aliphatic rings. The van der Waals surface area contributed by atoms with Gasteiger partial charge in [-0.15, -0.1) is 0 Å². The largest absolute Gasteiger partial charge is 0.322 e. The van der Waals surface area contributed by atoms with Gasteiger partial charge >= 0.3 is 0 Å². The minimum atomic E-state index is -0.542. The van der Waals surface area contributed by atoms with Gasteiger partial charge in [0.1, 0.15) is 5.56 Å². The van der Waals surface area contributed by atoms with Crippen molar-refractivity contribution in [3.63, 3.8) is 0 Å². The van der Waals surface area contributed by atoms with Gasteiger partial charge in [-0.3, -0.25) is 9.59 Å². The Bertz CT molecular complexity index is 1010. The van der Waals surface area contributed by atoms with Crippen LogP contribution in [0.2, 0.25) is 15.1 Å². The van der Waals surface area contributed by atoms with Crippen LogP contribution in [-0.2, 0) is 6.54 Å². The second kappa shape index (κ2) is 7.96. The Morgan fingerprint density at radius 2 is 1.65 bits per heavy atom. The van der Waals surface area contributed by atoms with E-state index in [-0.39, 0.29) is 17.1 Å². The van der Waals surface area contributed by atoms with Gasteiger partial charge in [0.15, 0.2) is 0 Å². The maximum Gasteiger partial charge on any atom is 0.263 e. The van der Waals surface area contributed by atoms with Crippen molar-refractivity contribution in [3.05, 3.63) is 97.3 Å². The van der Waals surface area contributed by atoms with Crippen LogP contribution in [0.3, 0.4) is 0 Å². The van der Waals surface area contributed by atoms with Gasteiger partial charge in [0.25, 0.3) is 11.5 Å². The highest BCUT2D eigenvalue weighted by molar-refractivity contribution is 6.31. The van der Waals surface area contributed by atoms with Gasteiger partial charge in [0.2, 0.25) is 0 Å². The summed E-state index contributed by atoms with van der Waals surface area (Å²) in [5.41, 5.74) is 0.862. The monoisotopic (exact) mass is 406 g/mol. The van der Waals surface area contributed by atoms with Crippen molar-refractivity contribution in [3.8, 4) is 0 Å². The molecule has 26 heavy (non-hydrogen) atoms. The summed E-state index contributed by atoms with van der Waals surface area (Å²) in [6.45, 7) is 0.251. The molecule has 3 aromatic rings. The lowest BCUT2D eigenvalue weighted by atomic mass is 10.2. The van der Waals surface area contributed by atoms with Gasteiger partial charge in [-0.05, 0) is 48.0 Å². The molecule has 0 aliphatic carbocycles. The Labute approximate surface area is 164 Å². The first kappa shape index (κ1) is 18.5. The average molecular weight is 408 g/mol. The Kier molecular flexibility index (Phi) is 5.67. The molecule has 1 N–H and O–H groups in total. The molecule has 0 spiro atoms. The van der Waals surface area contributed by atoms with Crippen molar-refractivity contribution < 1.29 is 4.79 Å². The molecule has 0 unspecified atom stereocenters. The number of amides is 1. The summed E-state index contributed by atoms with van der Waals surface area (Å²) < 4.78 is 1.38. The van der Waals surface area contributed by atoms with Crippen molar-refractivity contribution in [1.29, 1.82) is 0 Å². The van der Waals surface area contributed by atoms with Gasteiger partial charge < -0.3 is 9.88 Å². The topological polar surface area (TPSA) is 51.1 Å². The predicted octanol–water partition coefficient (Wildman–Crippen LogP) is 5.11. The summed E-state index contributed by atoms with van der Waals surface area (Å²) in [5, 5.41) is 4.07. The molecule has 4 nitrogen and oxygen atoms in total. The quantitative estimate of drug-likeness (QED) is 0.653. The minimum Gasteiger partial charge on any atom is -0.322 e. The van der Waals surface area contributed by atoms with Gasteiger partial charge in [-0.2, -0.15) is 0 Å². The van der Waals surface area contributed by atoms with Crippen molar-refractivity contribution >= 4 is 46.4 Å². The fraction of sp³-hybridized carbons (Fsp3) is 0.0526. The number of aromatic nitrogens is 1. The third kappa shape index (κ3) is 4.47. The van der Waals surface area contributed by atoms with Gasteiger partial charge in [0, 0.05) is 21.9 Å². The maximum atomic E-state index is 12.7. The molecule has 1 heterocycles. The van der Waals surface area contributed by atoms with E-state index in [0.717, 1.165) is 5.56 Å². The number of nitrogens with zero attached hydrogens (tertiary/aromatic N) is 1. The molecule has 2 aromatic carbocycles. The smallest absolute Gasteiger partial charge is 0.263 e. The van der Waals surface area contributed by atoms with Crippen LogP contribution in [-0.4, -0.2) is 10.5 Å². The standard InChI is InChI=1S/C19H13Cl3N2O2/c20-13-4-6-16(7-5-13)23-18(25)17-9-15(22)11-24(19(17)26)10-12-2-1-3-14(21)8-12/h1-9,11H,10H2,(H,23,25). The number of rotatable bonds is 4. The average Bonchev–Trinajstić information content (AvgIpc) is 2.60. The van der Waals surface area contributed by atoms with E-state index in [4.69, 9.17) is 34.8 Å². The molecule has 1 aromatic heterocycles. The van der Waals surface area contributed by atoms with Crippen molar-refractivity contribution in [2.45, 2.75) is 6.54 Å². The molecule has 1 amide bonds. The Balaban J connectivity index is 1.90. The van der Waals surface area contributed by atoms with Crippen LogP contribution < -0.4 is 10.9 Å². The van der Waals surface area contributed by atoms with Crippen LogP contribution in [0.15, 0.2) is 65.6 Å². The highest BCUT2D eigenvalue weighted by Crippen LogP contribution is 2.16. The fourth-order valence-electron chi connectivity index (χ4n) is 2.44. The Hall–Kier alpha value is -2.27. The number of pyridine rings is 1. The Morgan fingerprint density at radius 3 is 2.35 bits per heavy atom. The SMILES string of the molecule is O=C(Nc1ccc(Cl)cc1)c1cc(Cl)cn(Cc2cccc(Cl)c2)c1=O. The highest BCUT2D eigenvalue weighted by atomic mass is 35.5. The lowest BCUT2D eigenvalue weighted by molar-refractivity contribution is 0.102. The summed E-state index contributed by atoms with van der Waals surface area (Å²) in [7, 11) is 0. The van der Waals surface area contributed by atoms with Crippen LogP contribution in [0.4, 0.5) is 5.69 Å². The van der Waals surface area contributed by atoms with Gasteiger partial charge in [-0.1, -0.05) is 46.9 Å². The van der Waals surface area contributed by atoms with Gasteiger partial charge in [0.05, 0.1) is 11.6 Å². The molecule has 0 aliphatic heterocycles. The number of carbonyl (C=O) groups is 1. The molecule has 7 heteroatoms. The molecular formula is C19H13Cl3N2O2. The third-order valence-corrected chi connectivity index (χ3v) is 4.34. The molecule has 0 bridgehead atoms. The lowest BCUT2D eigenvalue weighted by Gasteiger charge is -2.10. The number of anilines is 1. The van der Waals surface area contributed by atoms with E-state index in [9.17, 15) is 9.59 Å². The van der Waals surface area contributed by atoms with E-state index in [1.165, 1.54) is 16.8 Å². The maximum absolute atomic E-state index is 12.7. The van der Waals surface area contributed by atoms with Crippen LogP contribution in [0, 0.1) is 0 Å². The van der Waals surface area contributed by atoms with E-state index in [1.807, 2.05) is 6.07 Å². The summed E-state index contributed by atoms with van der Waals surface area (Å²) in [5.74, 6) is -0.542. The zero-order chi connectivity index (χ0) is 18.7. The first-order valence-corrected chi connectivity index (χ1v) is 8.77. The molecular weight excluding hydrogens is 395 g/mol. The van der Waals surface area contributed by atoms with E-state index in [1.54, 1.807) is 42.5 Å². The summed E-state index contributed by atoms with van der Waals surface area (Å²) >= 11 is 17.9. The lowest BCUT2D eigenvalue weighted by Crippen LogP contribution is -2.29. The van der Waals surface area contributed by atoms with E-state index < -0.39 is 11.5 Å². The normalized spacial score (nSPS) is 10.6. The number of benzene rings is 2. The molecule has 3 rings (SSSR count). The van der Waals surface area contributed by atoms with Crippen molar-refractivity contribution in [1.82, 2.24) is 4.57 Å². The zero-order valence-corrected chi connectivity index (χ0v) is 15.6. The molecule has 132 valence electrons. The number of nitrogens with one attached hydrogen (secondary N) is 1. The number of carbonyl (C=O) groups excluding carboxylic acids is 1. The molecule has 0 fully saturated rings. The number of hydrogen-bond donors (Lipinski definition) is 1. The molecule has 0 radical (unpaired) electrons. The zero-order valence-electron chi connectivity index (χ0n) is 13.4. The second-order valence-corrected chi connectivity index (χ2v) is 6.91. The van der Waals surface area contributed by atoms with Gasteiger partial charge in [-0.25, -0.2) is 0 Å². The van der Waals surface area contributed by atoms with Crippen LogP contribution in [0.5, 0.6) is 0 Å². The van der Waals surface area contributed by atoms with Crippen LogP contribution in [0.1, 0.15) is 15.9 Å². The minimum absolute atomic E-state index is 0.0468. The molecule has 0 saturated carbocycles.